The average molecular weight is 279 g/mol. The second-order valence-corrected chi connectivity index (χ2v) is 4.12. The summed E-state index contributed by atoms with van der Waals surface area (Å²) in [6.07, 6.45) is 0. The first kappa shape index (κ1) is 11.0. The molecule has 0 saturated carbocycles. The van der Waals surface area contributed by atoms with E-state index >= 15 is 0 Å². The van der Waals surface area contributed by atoms with Crippen molar-refractivity contribution in [2.75, 3.05) is 5.73 Å². The van der Waals surface area contributed by atoms with E-state index in [0.717, 1.165) is 5.56 Å². The van der Waals surface area contributed by atoms with Gasteiger partial charge in [0.25, 0.3) is 0 Å². The molecule has 1 aromatic carbocycles. The van der Waals surface area contributed by atoms with Crippen molar-refractivity contribution < 1.29 is 4.74 Å². The van der Waals surface area contributed by atoms with Gasteiger partial charge in [0.2, 0.25) is 5.88 Å². The average Bonchev–Trinajstić information content (AvgIpc) is 2.32. The van der Waals surface area contributed by atoms with E-state index < -0.39 is 0 Å². The normalized spacial score (nSPS) is 10.1. The van der Waals surface area contributed by atoms with Gasteiger partial charge in [-0.15, -0.1) is 0 Å². The van der Waals surface area contributed by atoms with Crippen LogP contribution in [0.15, 0.2) is 47.1 Å². The standard InChI is InChI=1S/C12H11BrN2O/c13-11-7-6-10(14)12(15-11)16-8-9-4-2-1-3-5-9/h1-7H,8,14H2. The molecule has 0 aliphatic heterocycles. The summed E-state index contributed by atoms with van der Waals surface area (Å²) in [7, 11) is 0. The molecule has 0 atom stereocenters. The van der Waals surface area contributed by atoms with Crippen molar-refractivity contribution in [2.24, 2.45) is 0 Å². The van der Waals surface area contributed by atoms with E-state index in [1.807, 2.05) is 30.3 Å². The topological polar surface area (TPSA) is 48.1 Å². The van der Waals surface area contributed by atoms with Crippen molar-refractivity contribution in [1.82, 2.24) is 4.98 Å². The number of hydrogen-bond donors (Lipinski definition) is 1. The van der Waals surface area contributed by atoms with Crippen LogP contribution >= 0.6 is 15.9 Å². The summed E-state index contributed by atoms with van der Waals surface area (Å²) >= 11 is 3.28. The number of rotatable bonds is 3. The van der Waals surface area contributed by atoms with Gasteiger partial charge in [0.15, 0.2) is 0 Å². The lowest BCUT2D eigenvalue weighted by atomic mass is 10.2. The fourth-order valence-corrected chi connectivity index (χ4v) is 1.56. The molecule has 82 valence electrons. The first-order chi connectivity index (χ1) is 7.75. The van der Waals surface area contributed by atoms with Crippen LogP contribution in [0.2, 0.25) is 0 Å². The molecule has 0 unspecified atom stereocenters. The predicted octanol–water partition coefficient (Wildman–Crippen LogP) is 3.01. The number of nitrogens with two attached hydrogens (primary N) is 1. The van der Waals surface area contributed by atoms with Gasteiger partial charge in [0.1, 0.15) is 11.2 Å². The number of benzene rings is 1. The molecule has 0 aliphatic rings. The minimum atomic E-state index is 0.457. The van der Waals surface area contributed by atoms with Crippen LogP contribution in [0.3, 0.4) is 0 Å². The molecule has 0 saturated heterocycles. The summed E-state index contributed by atoms with van der Waals surface area (Å²) in [6.45, 7) is 0.467. The summed E-state index contributed by atoms with van der Waals surface area (Å²) in [5, 5.41) is 0. The molecular weight excluding hydrogens is 268 g/mol. The van der Waals surface area contributed by atoms with Gasteiger partial charge in [-0.3, -0.25) is 0 Å². The zero-order valence-corrected chi connectivity index (χ0v) is 10.1. The molecule has 1 aromatic heterocycles. The Labute approximate surface area is 102 Å². The Morgan fingerprint density at radius 1 is 1.12 bits per heavy atom. The number of halogens is 1. The summed E-state index contributed by atoms with van der Waals surface area (Å²) in [6, 6.07) is 13.4. The third-order valence-corrected chi connectivity index (χ3v) is 2.52. The van der Waals surface area contributed by atoms with Crippen molar-refractivity contribution >= 4 is 21.6 Å². The summed E-state index contributed by atoms with van der Waals surface area (Å²) in [5.74, 6) is 0.457. The zero-order chi connectivity index (χ0) is 11.4. The molecule has 0 bridgehead atoms. The minimum Gasteiger partial charge on any atom is -0.471 e. The van der Waals surface area contributed by atoms with Crippen LogP contribution in [0.1, 0.15) is 5.56 Å². The lowest BCUT2D eigenvalue weighted by Crippen LogP contribution is -2.00. The molecular formula is C12H11BrN2O. The molecule has 4 heteroatoms. The maximum Gasteiger partial charge on any atom is 0.238 e. The summed E-state index contributed by atoms with van der Waals surface area (Å²) in [5.41, 5.74) is 7.37. The number of nitrogen functional groups attached to an aromatic ring is 1. The fourth-order valence-electron chi connectivity index (χ4n) is 1.27. The Hall–Kier alpha value is -1.55. The zero-order valence-electron chi connectivity index (χ0n) is 8.56. The van der Waals surface area contributed by atoms with Gasteiger partial charge in [0.05, 0.1) is 5.69 Å². The smallest absolute Gasteiger partial charge is 0.238 e. The molecule has 3 nitrogen and oxygen atoms in total. The van der Waals surface area contributed by atoms with Crippen molar-refractivity contribution in [3.63, 3.8) is 0 Å². The lowest BCUT2D eigenvalue weighted by Gasteiger charge is -2.07. The van der Waals surface area contributed by atoms with Crippen LogP contribution < -0.4 is 10.5 Å². The van der Waals surface area contributed by atoms with E-state index in [1.54, 1.807) is 12.1 Å². The Bertz CT molecular complexity index is 474. The van der Waals surface area contributed by atoms with Gasteiger partial charge in [-0.1, -0.05) is 30.3 Å². The van der Waals surface area contributed by atoms with Gasteiger partial charge in [-0.05, 0) is 33.6 Å². The monoisotopic (exact) mass is 278 g/mol. The largest absolute Gasteiger partial charge is 0.471 e. The number of nitrogens with zero attached hydrogens (tertiary/aromatic N) is 1. The second-order valence-electron chi connectivity index (χ2n) is 3.30. The fraction of sp³-hybridized carbons (Fsp3) is 0.0833. The highest BCUT2D eigenvalue weighted by molar-refractivity contribution is 9.10. The highest BCUT2D eigenvalue weighted by atomic mass is 79.9. The van der Waals surface area contributed by atoms with Crippen LogP contribution in [0.25, 0.3) is 0 Å². The van der Waals surface area contributed by atoms with E-state index in [1.165, 1.54) is 0 Å². The summed E-state index contributed by atoms with van der Waals surface area (Å²) in [4.78, 5) is 4.16. The van der Waals surface area contributed by atoms with Gasteiger partial charge >= 0.3 is 0 Å². The van der Waals surface area contributed by atoms with E-state index in [0.29, 0.717) is 22.8 Å². The molecule has 2 N–H and O–H groups in total. The quantitative estimate of drug-likeness (QED) is 0.878. The highest BCUT2D eigenvalue weighted by Crippen LogP contribution is 2.21. The van der Waals surface area contributed by atoms with Crippen molar-refractivity contribution in [3.05, 3.63) is 52.6 Å². The Kier molecular flexibility index (Phi) is 3.41. The van der Waals surface area contributed by atoms with Crippen LogP contribution in [0, 0.1) is 0 Å². The predicted molar refractivity (Wildman–Crippen MR) is 67.1 cm³/mol. The van der Waals surface area contributed by atoms with E-state index in [4.69, 9.17) is 10.5 Å². The maximum absolute atomic E-state index is 5.75. The first-order valence-corrected chi connectivity index (χ1v) is 5.64. The SMILES string of the molecule is Nc1ccc(Br)nc1OCc1ccccc1. The first-order valence-electron chi connectivity index (χ1n) is 4.84. The molecule has 2 aromatic rings. The van der Waals surface area contributed by atoms with E-state index in [9.17, 15) is 0 Å². The molecule has 0 aliphatic carbocycles. The molecule has 0 fully saturated rings. The maximum atomic E-state index is 5.75. The third kappa shape index (κ3) is 2.73. The van der Waals surface area contributed by atoms with Crippen LogP contribution in [0.5, 0.6) is 5.88 Å². The van der Waals surface area contributed by atoms with Crippen LogP contribution in [-0.4, -0.2) is 4.98 Å². The van der Waals surface area contributed by atoms with Gasteiger partial charge in [0, 0.05) is 0 Å². The highest BCUT2D eigenvalue weighted by Gasteiger charge is 2.03. The van der Waals surface area contributed by atoms with Crippen LogP contribution in [0.4, 0.5) is 5.69 Å². The Morgan fingerprint density at radius 3 is 2.62 bits per heavy atom. The van der Waals surface area contributed by atoms with Crippen molar-refractivity contribution in [3.8, 4) is 5.88 Å². The van der Waals surface area contributed by atoms with Gasteiger partial charge < -0.3 is 10.5 Å². The molecule has 16 heavy (non-hydrogen) atoms. The number of hydrogen-bond acceptors (Lipinski definition) is 3. The minimum absolute atomic E-state index is 0.457. The molecule has 1 heterocycles. The Morgan fingerprint density at radius 2 is 1.88 bits per heavy atom. The lowest BCUT2D eigenvalue weighted by molar-refractivity contribution is 0.295. The van der Waals surface area contributed by atoms with E-state index in [2.05, 4.69) is 20.9 Å². The number of ether oxygens (including phenoxy) is 1. The number of pyridine rings is 1. The molecule has 0 radical (unpaired) electrons. The Balaban J connectivity index is 2.08. The van der Waals surface area contributed by atoms with E-state index in [-0.39, 0.29) is 0 Å². The van der Waals surface area contributed by atoms with Crippen molar-refractivity contribution in [1.29, 1.82) is 0 Å². The second kappa shape index (κ2) is 4.99. The third-order valence-electron chi connectivity index (χ3n) is 2.07. The van der Waals surface area contributed by atoms with Gasteiger partial charge in [-0.2, -0.15) is 0 Å². The summed E-state index contributed by atoms with van der Waals surface area (Å²) < 4.78 is 6.25. The number of anilines is 1. The number of aromatic nitrogens is 1. The molecule has 0 amide bonds. The molecule has 0 spiro atoms. The van der Waals surface area contributed by atoms with Gasteiger partial charge in [-0.25, -0.2) is 4.98 Å². The van der Waals surface area contributed by atoms with Crippen molar-refractivity contribution in [2.45, 2.75) is 6.61 Å². The molecule has 2 rings (SSSR count). The van der Waals surface area contributed by atoms with Crippen LogP contribution in [-0.2, 0) is 6.61 Å².